The molecular weight excluding hydrogens is 384 g/mol. The third kappa shape index (κ3) is 4.68. The number of hydrogen-bond donors (Lipinski definition) is 1. The summed E-state index contributed by atoms with van der Waals surface area (Å²) in [5, 5.41) is 7.54. The van der Waals surface area contributed by atoms with E-state index in [1.165, 1.54) is 17.3 Å². The maximum absolute atomic E-state index is 13.2. The van der Waals surface area contributed by atoms with Gasteiger partial charge in [0.15, 0.2) is 5.82 Å². The number of aromatic nitrogens is 3. The van der Waals surface area contributed by atoms with Gasteiger partial charge < -0.3 is 9.64 Å². The van der Waals surface area contributed by atoms with Crippen LogP contribution >= 0.6 is 11.8 Å². The van der Waals surface area contributed by atoms with Crippen LogP contribution in [0.25, 0.3) is 11.4 Å². The van der Waals surface area contributed by atoms with Crippen molar-refractivity contribution in [2.45, 2.75) is 23.8 Å². The predicted molar refractivity (Wildman–Crippen MR) is 114 cm³/mol. The standard InChI is InChI=1S/C22H24N4O2S/c1-2-16-8-10-18(11-9-16)20-23-22(25-24-20)29-19(17-6-4-3-5-7-17)21(27)26-12-14-28-15-13-26/h3-11,19H,2,12-15H2,1H3,(H,23,24,25)/t19-/m1/s1. The van der Waals surface area contributed by atoms with E-state index in [2.05, 4.69) is 34.2 Å². The first kappa shape index (κ1) is 19.7. The fourth-order valence-corrected chi connectivity index (χ4v) is 4.27. The molecular formula is C22H24N4O2S. The Kier molecular flexibility index (Phi) is 6.27. The largest absolute Gasteiger partial charge is 0.378 e. The average Bonchev–Trinajstić information content (AvgIpc) is 3.27. The van der Waals surface area contributed by atoms with Gasteiger partial charge >= 0.3 is 0 Å². The Labute approximate surface area is 174 Å². The van der Waals surface area contributed by atoms with Crippen molar-refractivity contribution in [1.29, 1.82) is 0 Å². The number of thioether (sulfide) groups is 1. The SMILES string of the molecule is CCc1ccc(-c2nc(S[C@@H](C(=O)N3CCOCC3)c3ccccc3)n[nH]2)cc1. The lowest BCUT2D eigenvalue weighted by atomic mass is 10.1. The highest BCUT2D eigenvalue weighted by Crippen LogP contribution is 2.35. The zero-order valence-corrected chi connectivity index (χ0v) is 17.2. The minimum atomic E-state index is -0.389. The lowest BCUT2D eigenvalue weighted by molar-refractivity contribution is -0.134. The van der Waals surface area contributed by atoms with E-state index >= 15 is 0 Å². The van der Waals surface area contributed by atoms with Gasteiger partial charge in [0.25, 0.3) is 0 Å². The zero-order chi connectivity index (χ0) is 20.1. The molecule has 1 aliphatic rings. The summed E-state index contributed by atoms with van der Waals surface area (Å²) in [6.07, 6.45) is 1.00. The van der Waals surface area contributed by atoms with E-state index in [0.717, 1.165) is 17.5 Å². The fraction of sp³-hybridized carbons (Fsp3) is 0.318. The minimum Gasteiger partial charge on any atom is -0.378 e. The molecule has 1 aromatic heterocycles. The van der Waals surface area contributed by atoms with Gasteiger partial charge in [-0.05, 0) is 17.5 Å². The summed E-state index contributed by atoms with van der Waals surface area (Å²) >= 11 is 1.38. The van der Waals surface area contributed by atoms with E-state index < -0.39 is 0 Å². The number of aryl methyl sites for hydroxylation is 1. The molecule has 1 aliphatic heterocycles. The summed E-state index contributed by atoms with van der Waals surface area (Å²) in [5.41, 5.74) is 3.22. The molecule has 2 heterocycles. The van der Waals surface area contributed by atoms with Crippen LogP contribution in [-0.4, -0.2) is 52.3 Å². The number of rotatable bonds is 6. The molecule has 0 saturated carbocycles. The first-order chi connectivity index (χ1) is 14.2. The normalized spacial score (nSPS) is 15.3. The number of carbonyl (C=O) groups is 1. The van der Waals surface area contributed by atoms with Gasteiger partial charge in [0.1, 0.15) is 5.25 Å². The zero-order valence-electron chi connectivity index (χ0n) is 16.4. The van der Waals surface area contributed by atoms with Crippen LogP contribution in [0.1, 0.15) is 23.3 Å². The van der Waals surface area contributed by atoms with Crippen LogP contribution in [0.4, 0.5) is 0 Å². The Morgan fingerprint density at radius 3 is 2.55 bits per heavy atom. The van der Waals surface area contributed by atoms with Crippen LogP contribution in [0.5, 0.6) is 0 Å². The van der Waals surface area contributed by atoms with Gasteiger partial charge in [0.2, 0.25) is 11.1 Å². The molecule has 0 radical (unpaired) electrons. The Morgan fingerprint density at radius 2 is 1.86 bits per heavy atom. The number of ether oxygens (including phenoxy) is 1. The molecule has 6 nitrogen and oxygen atoms in total. The number of aromatic amines is 1. The van der Waals surface area contributed by atoms with Crippen LogP contribution < -0.4 is 0 Å². The van der Waals surface area contributed by atoms with E-state index in [1.54, 1.807) is 0 Å². The van der Waals surface area contributed by atoms with E-state index in [9.17, 15) is 4.79 Å². The molecule has 1 N–H and O–H groups in total. The number of morpholine rings is 1. The number of nitrogens with one attached hydrogen (secondary N) is 1. The molecule has 29 heavy (non-hydrogen) atoms. The summed E-state index contributed by atoms with van der Waals surface area (Å²) in [6.45, 7) is 4.53. The number of hydrogen-bond acceptors (Lipinski definition) is 5. The smallest absolute Gasteiger partial charge is 0.240 e. The molecule has 1 fully saturated rings. The molecule has 150 valence electrons. The second-order valence-electron chi connectivity index (χ2n) is 6.86. The van der Waals surface area contributed by atoms with Gasteiger partial charge in [0.05, 0.1) is 13.2 Å². The Hall–Kier alpha value is -2.64. The van der Waals surface area contributed by atoms with Crippen molar-refractivity contribution in [2.24, 2.45) is 0 Å². The highest BCUT2D eigenvalue weighted by Gasteiger charge is 2.29. The summed E-state index contributed by atoms with van der Waals surface area (Å²) in [6, 6.07) is 18.1. The Bertz CT molecular complexity index is 937. The fourth-order valence-electron chi connectivity index (χ4n) is 3.27. The minimum absolute atomic E-state index is 0.0724. The molecule has 0 aliphatic carbocycles. The molecule has 1 amide bonds. The lowest BCUT2D eigenvalue weighted by Crippen LogP contribution is -2.42. The van der Waals surface area contributed by atoms with E-state index in [0.29, 0.717) is 37.3 Å². The number of carbonyl (C=O) groups excluding carboxylic acids is 1. The molecule has 0 unspecified atom stereocenters. The molecule has 2 aromatic carbocycles. The first-order valence-corrected chi connectivity index (χ1v) is 10.7. The van der Waals surface area contributed by atoms with Crippen molar-refractivity contribution in [3.63, 3.8) is 0 Å². The molecule has 4 rings (SSSR count). The van der Waals surface area contributed by atoms with Crippen LogP contribution in [0.2, 0.25) is 0 Å². The van der Waals surface area contributed by atoms with Crippen LogP contribution in [-0.2, 0) is 16.0 Å². The monoisotopic (exact) mass is 408 g/mol. The van der Waals surface area contributed by atoms with Crippen LogP contribution in [0.3, 0.4) is 0 Å². The van der Waals surface area contributed by atoms with Crippen molar-refractivity contribution in [2.75, 3.05) is 26.3 Å². The summed E-state index contributed by atoms with van der Waals surface area (Å²) in [5.74, 6) is 0.781. The Balaban J connectivity index is 1.56. The third-order valence-corrected chi connectivity index (χ3v) is 6.08. The quantitative estimate of drug-likeness (QED) is 0.630. The predicted octanol–water partition coefficient (Wildman–Crippen LogP) is 3.73. The molecule has 0 bridgehead atoms. The van der Waals surface area contributed by atoms with Gasteiger partial charge in [-0.2, -0.15) is 0 Å². The second kappa shape index (κ2) is 9.24. The summed E-state index contributed by atoms with van der Waals surface area (Å²) in [4.78, 5) is 19.7. The lowest BCUT2D eigenvalue weighted by Gasteiger charge is -2.30. The average molecular weight is 409 g/mol. The summed E-state index contributed by atoms with van der Waals surface area (Å²) < 4.78 is 5.39. The third-order valence-electron chi connectivity index (χ3n) is 4.97. The number of nitrogens with zero attached hydrogens (tertiary/aromatic N) is 3. The molecule has 0 spiro atoms. The number of benzene rings is 2. The van der Waals surface area contributed by atoms with Crippen LogP contribution in [0, 0.1) is 0 Å². The maximum atomic E-state index is 13.2. The topological polar surface area (TPSA) is 71.1 Å². The first-order valence-electron chi connectivity index (χ1n) is 9.84. The number of H-pyrrole nitrogens is 1. The Morgan fingerprint density at radius 1 is 1.14 bits per heavy atom. The van der Waals surface area contributed by atoms with E-state index in [1.807, 2.05) is 47.4 Å². The highest BCUT2D eigenvalue weighted by atomic mass is 32.2. The molecule has 1 atom stereocenters. The van der Waals surface area contributed by atoms with Gasteiger partial charge in [-0.1, -0.05) is 73.3 Å². The molecule has 3 aromatic rings. The summed E-state index contributed by atoms with van der Waals surface area (Å²) in [7, 11) is 0. The number of amides is 1. The van der Waals surface area contributed by atoms with Gasteiger partial charge in [-0.15, -0.1) is 5.10 Å². The van der Waals surface area contributed by atoms with Gasteiger partial charge in [0, 0.05) is 18.7 Å². The van der Waals surface area contributed by atoms with E-state index in [4.69, 9.17) is 4.74 Å². The van der Waals surface area contributed by atoms with Crippen molar-refractivity contribution in [3.05, 3.63) is 65.7 Å². The van der Waals surface area contributed by atoms with Crippen molar-refractivity contribution < 1.29 is 9.53 Å². The molecule has 7 heteroatoms. The van der Waals surface area contributed by atoms with Crippen LogP contribution in [0.15, 0.2) is 59.8 Å². The highest BCUT2D eigenvalue weighted by molar-refractivity contribution is 8.00. The van der Waals surface area contributed by atoms with E-state index in [-0.39, 0.29) is 11.2 Å². The molecule has 1 saturated heterocycles. The maximum Gasteiger partial charge on any atom is 0.240 e. The second-order valence-corrected chi connectivity index (χ2v) is 7.94. The van der Waals surface area contributed by atoms with Gasteiger partial charge in [-0.25, -0.2) is 4.98 Å². The van der Waals surface area contributed by atoms with Crippen molar-refractivity contribution in [3.8, 4) is 11.4 Å². The van der Waals surface area contributed by atoms with Gasteiger partial charge in [-0.3, -0.25) is 9.89 Å². The van der Waals surface area contributed by atoms with Crippen molar-refractivity contribution in [1.82, 2.24) is 20.1 Å². The van der Waals surface area contributed by atoms with Crippen molar-refractivity contribution >= 4 is 17.7 Å².